The quantitative estimate of drug-likeness (QED) is 0.640. The number of benzene rings is 1. The fourth-order valence-corrected chi connectivity index (χ4v) is 0.692. The third kappa shape index (κ3) is 3.19. The van der Waals surface area contributed by atoms with Crippen LogP contribution in [0.5, 0.6) is 0 Å². The van der Waals surface area contributed by atoms with Crippen molar-refractivity contribution in [2.24, 2.45) is 0 Å². The van der Waals surface area contributed by atoms with Gasteiger partial charge in [0.25, 0.3) is 0 Å². The van der Waals surface area contributed by atoms with Gasteiger partial charge in [0, 0.05) is 0 Å². The monoisotopic (exact) mass is 148 g/mol. The lowest BCUT2D eigenvalue weighted by Crippen LogP contribution is -1.99. The Morgan fingerprint density at radius 3 is 2.36 bits per heavy atom. The lowest BCUT2D eigenvalue weighted by atomic mass is 10.2. The first kappa shape index (κ1) is 8.28. The van der Waals surface area contributed by atoms with Crippen molar-refractivity contribution >= 4 is 0 Å². The first-order valence-corrected chi connectivity index (χ1v) is 3.76. The summed E-state index contributed by atoms with van der Waals surface area (Å²) in [5.41, 5.74) is 0.987. The summed E-state index contributed by atoms with van der Waals surface area (Å²) in [5.74, 6) is 0. The highest BCUT2D eigenvalue weighted by Gasteiger charge is 1.95. The molecule has 1 aromatic rings. The minimum Gasteiger partial charge on any atom is -0.360 e. The topological polar surface area (TPSA) is 9.23 Å². The Bertz CT molecular complexity index is 191. The molecule has 0 aliphatic carbocycles. The van der Waals surface area contributed by atoms with Crippen LogP contribution in [0.3, 0.4) is 0 Å². The molecule has 0 aliphatic rings. The van der Waals surface area contributed by atoms with Gasteiger partial charge in [-0.2, -0.15) is 0 Å². The summed E-state index contributed by atoms with van der Waals surface area (Å²) in [6.07, 6.45) is 0.204. The molecule has 0 heterocycles. The van der Waals surface area contributed by atoms with Gasteiger partial charge in [-0.05, 0) is 19.4 Å². The minimum absolute atomic E-state index is 0.204. The molecule has 0 atom stereocenters. The normalized spacial score (nSPS) is 10.5. The summed E-state index contributed by atoms with van der Waals surface area (Å²) < 4.78 is 5.18. The lowest BCUT2D eigenvalue weighted by Gasteiger charge is -2.04. The van der Waals surface area contributed by atoms with Crippen molar-refractivity contribution in [1.29, 1.82) is 0 Å². The van der Waals surface area contributed by atoms with Crippen molar-refractivity contribution in [2.75, 3.05) is 0 Å². The Kier molecular flexibility index (Phi) is 3.12. The van der Waals surface area contributed by atoms with Crippen LogP contribution in [0, 0.1) is 6.61 Å². The average Bonchev–Trinajstić information content (AvgIpc) is 2.03. The standard InChI is InChI=1S/C10H12O/c1-9(2)11-8-10-6-4-3-5-7-10/h3-7,9H,1-2H3. The summed E-state index contributed by atoms with van der Waals surface area (Å²) in [6, 6.07) is 9.82. The van der Waals surface area contributed by atoms with Crippen molar-refractivity contribution in [3.63, 3.8) is 0 Å². The van der Waals surface area contributed by atoms with Gasteiger partial charge in [-0.3, -0.25) is 0 Å². The first-order chi connectivity index (χ1) is 5.29. The largest absolute Gasteiger partial charge is 0.360 e. The molecular weight excluding hydrogens is 136 g/mol. The number of hydrogen-bond acceptors (Lipinski definition) is 1. The fraction of sp³-hybridized carbons (Fsp3) is 0.300. The van der Waals surface area contributed by atoms with Gasteiger partial charge >= 0.3 is 0 Å². The molecule has 0 spiro atoms. The van der Waals surface area contributed by atoms with Gasteiger partial charge in [0.15, 0.2) is 6.61 Å². The van der Waals surface area contributed by atoms with Crippen LogP contribution in [-0.2, 0) is 4.74 Å². The molecule has 11 heavy (non-hydrogen) atoms. The zero-order valence-corrected chi connectivity index (χ0v) is 6.87. The van der Waals surface area contributed by atoms with Crippen LogP contribution in [0.1, 0.15) is 19.4 Å². The van der Waals surface area contributed by atoms with Gasteiger partial charge in [0.2, 0.25) is 0 Å². The smallest absolute Gasteiger partial charge is 0.166 e. The van der Waals surface area contributed by atoms with E-state index >= 15 is 0 Å². The second kappa shape index (κ2) is 4.14. The maximum absolute atomic E-state index is 5.18. The summed E-state index contributed by atoms with van der Waals surface area (Å²) in [4.78, 5) is 0. The predicted molar refractivity (Wildman–Crippen MR) is 45.0 cm³/mol. The van der Waals surface area contributed by atoms with Crippen LogP contribution < -0.4 is 0 Å². The van der Waals surface area contributed by atoms with Gasteiger partial charge in [0.05, 0.1) is 6.10 Å². The first-order valence-electron chi connectivity index (χ1n) is 3.76. The molecule has 1 heteroatoms. The second-order valence-electron chi connectivity index (χ2n) is 2.63. The van der Waals surface area contributed by atoms with Crippen LogP contribution in [0.15, 0.2) is 30.3 Å². The van der Waals surface area contributed by atoms with Crippen molar-refractivity contribution in [3.05, 3.63) is 42.5 Å². The highest BCUT2D eigenvalue weighted by molar-refractivity contribution is 5.19. The van der Waals surface area contributed by atoms with Crippen LogP contribution in [0.25, 0.3) is 0 Å². The molecule has 0 aliphatic heterocycles. The molecule has 0 amide bonds. The van der Waals surface area contributed by atoms with Crippen LogP contribution >= 0.6 is 0 Å². The second-order valence-corrected chi connectivity index (χ2v) is 2.63. The molecule has 0 aromatic heterocycles. The summed E-state index contributed by atoms with van der Waals surface area (Å²) >= 11 is 0. The maximum atomic E-state index is 5.18. The fourth-order valence-electron chi connectivity index (χ4n) is 0.692. The Hall–Kier alpha value is -0.820. The van der Waals surface area contributed by atoms with Crippen molar-refractivity contribution in [2.45, 2.75) is 20.0 Å². The van der Waals surface area contributed by atoms with Crippen molar-refractivity contribution in [3.8, 4) is 0 Å². The van der Waals surface area contributed by atoms with Gasteiger partial charge in [0.1, 0.15) is 0 Å². The van der Waals surface area contributed by atoms with Gasteiger partial charge < -0.3 is 4.74 Å². The van der Waals surface area contributed by atoms with Crippen LogP contribution in [0.2, 0.25) is 0 Å². The highest BCUT2D eigenvalue weighted by Crippen LogP contribution is 2.04. The zero-order valence-electron chi connectivity index (χ0n) is 6.87. The van der Waals surface area contributed by atoms with E-state index in [0.717, 1.165) is 5.56 Å². The van der Waals surface area contributed by atoms with Gasteiger partial charge in [-0.1, -0.05) is 30.3 Å². The molecule has 1 nitrogen and oxygen atoms in total. The van der Waals surface area contributed by atoms with E-state index < -0.39 is 0 Å². The molecule has 1 rings (SSSR count). The van der Waals surface area contributed by atoms with Crippen LogP contribution in [0.4, 0.5) is 0 Å². The van der Waals surface area contributed by atoms with E-state index in [9.17, 15) is 0 Å². The SMILES string of the molecule is CC(C)O[C]c1ccccc1. The molecule has 0 bridgehead atoms. The molecule has 0 fully saturated rings. The van der Waals surface area contributed by atoms with E-state index in [1.165, 1.54) is 0 Å². The molecule has 58 valence electrons. The zero-order chi connectivity index (χ0) is 8.10. The van der Waals surface area contributed by atoms with Crippen molar-refractivity contribution in [1.82, 2.24) is 0 Å². The third-order valence-electron chi connectivity index (χ3n) is 1.19. The maximum Gasteiger partial charge on any atom is 0.166 e. The van der Waals surface area contributed by atoms with Gasteiger partial charge in [-0.25, -0.2) is 0 Å². The lowest BCUT2D eigenvalue weighted by molar-refractivity contribution is 0.147. The van der Waals surface area contributed by atoms with Gasteiger partial charge in [-0.15, -0.1) is 0 Å². The molecular formula is C10H12O. The average molecular weight is 148 g/mol. The minimum atomic E-state index is 0.204. The van der Waals surface area contributed by atoms with E-state index in [-0.39, 0.29) is 6.10 Å². The highest BCUT2D eigenvalue weighted by atomic mass is 16.5. The van der Waals surface area contributed by atoms with E-state index in [4.69, 9.17) is 4.74 Å². The number of hydrogen-bond donors (Lipinski definition) is 0. The summed E-state index contributed by atoms with van der Waals surface area (Å²) in [5, 5.41) is 0. The Morgan fingerprint density at radius 1 is 1.18 bits per heavy atom. The Labute approximate surface area is 68.0 Å². The summed E-state index contributed by atoms with van der Waals surface area (Å²) in [7, 11) is 0. The molecule has 2 radical (unpaired) electrons. The molecule has 0 saturated carbocycles. The molecule has 0 unspecified atom stereocenters. The number of rotatable bonds is 3. The predicted octanol–water partition coefficient (Wildman–Crippen LogP) is 2.50. The molecule has 0 saturated heterocycles. The van der Waals surface area contributed by atoms with Crippen molar-refractivity contribution < 1.29 is 4.74 Å². The Balaban J connectivity index is 2.39. The molecule has 1 aromatic carbocycles. The van der Waals surface area contributed by atoms with E-state index in [0.29, 0.717) is 0 Å². The van der Waals surface area contributed by atoms with E-state index in [1.54, 1.807) is 0 Å². The van der Waals surface area contributed by atoms with E-state index in [2.05, 4.69) is 6.61 Å². The number of ether oxygens (including phenoxy) is 1. The molecule has 0 N–H and O–H groups in total. The third-order valence-corrected chi connectivity index (χ3v) is 1.19. The van der Waals surface area contributed by atoms with E-state index in [1.807, 2.05) is 44.2 Å². The van der Waals surface area contributed by atoms with Crippen LogP contribution in [-0.4, -0.2) is 6.10 Å². The summed E-state index contributed by atoms with van der Waals surface area (Å²) in [6.45, 7) is 6.81. The Morgan fingerprint density at radius 2 is 1.82 bits per heavy atom.